The van der Waals surface area contributed by atoms with Gasteiger partial charge in [0.25, 0.3) is 11.3 Å². The summed E-state index contributed by atoms with van der Waals surface area (Å²) in [6.45, 7) is 2.07. The Hall–Kier alpha value is -1.46. The average molecular weight is 388 g/mol. The Balaban J connectivity index is 1.79. The summed E-state index contributed by atoms with van der Waals surface area (Å²) in [4.78, 5) is 16.4. The molecule has 25 heavy (non-hydrogen) atoms. The number of carbonyl (C=O) groups is 1. The Morgan fingerprint density at radius 3 is 2.56 bits per heavy atom. The zero-order chi connectivity index (χ0) is 18.2. The molecule has 1 heterocycles. The van der Waals surface area contributed by atoms with Crippen LogP contribution in [0.1, 0.15) is 18.8 Å². The zero-order valence-electron chi connectivity index (χ0n) is 14.1. The third kappa shape index (κ3) is 6.08. The van der Waals surface area contributed by atoms with E-state index in [4.69, 9.17) is 13.7 Å². The van der Waals surface area contributed by atoms with Crippen molar-refractivity contribution in [3.63, 3.8) is 0 Å². The number of ether oxygens (including phenoxy) is 2. The quantitative estimate of drug-likeness (QED) is 0.331. The van der Waals surface area contributed by atoms with Crippen LogP contribution in [-0.4, -0.2) is 52.3 Å². The van der Waals surface area contributed by atoms with Crippen molar-refractivity contribution in [3.8, 4) is 0 Å². The monoisotopic (exact) mass is 388 g/mol. The predicted molar refractivity (Wildman–Crippen MR) is 95.0 cm³/mol. The van der Waals surface area contributed by atoms with Crippen LogP contribution in [0.3, 0.4) is 0 Å². The van der Waals surface area contributed by atoms with Crippen LogP contribution >= 0.6 is 11.8 Å². The first-order chi connectivity index (χ1) is 12.0. The van der Waals surface area contributed by atoms with Crippen LogP contribution in [-0.2, 0) is 29.8 Å². The van der Waals surface area contributed by atoms with Crippen molar-refractivity contribution < 1.29 is 27.5 Å². The van der Waals surface area contributed by atoms with E-state index in [-0.39, 0.29) is 13.2 Å². The second-order valence-corrected chi connectivity index (χ2v) is 7.19. The normalized spacial score (nSPS) is 22.3. The van der Waals surface area contributed by atoms with Crippen LogP contribution in [0.2, 0.25) is 0 Å². The molecule has 2 rings (SSSR count). The fourth-order valence-electron chi connectivity index (χ4n) is 1.78. The minimum absolute atomic E-state index is 0.192. The van der Waals surface area contributed by atoms with Crippen molar-refractivity contribution in [2.75, 3.05) is 26.5 Å². The summed E-state index contributed by atoms with van der Waals surface area (Å²) >= 11 is -0.714. The molecule has 1 aliphatic rings. The molecule has 1 aliphatic heterocycles. The zero-order valence-corrected chi connectivity index (χ0v) is 15.7. The summed E-state index contributed by atoms with van der Waals surface area (Å²) in [5.41, 5.74) is 0.893. The Labute approximate surface area is 153 Å². The van der Waals surface area contributed by atoms with E-state index in [0.717, 1.165) is 9.87 Å². The number of hydrogen-bond acceptors (Lipinski definition) is 8. The largest absolute Gasteiger partial charge is 0.449 e. The van der Waals surface area contributed by atoms with Gasteiger partial charge in [-0.2, -0.15) is 0 Å². The Morgan fingerprint density at radius 2 is 1.96 bits per heavy atom. The topological polar surface area (TPSA) is 86.7 Å². The van der Waals surface area contributed by atoms with Crippen LogP contribution in [0.15, 0.2) is 35.5 Å². The maximum atomic E-state index is 12.1. The lowest BCUT2D eigenvalue weighted by Crippen LogP contribution is -2.38. The smallest absolute Gasteiger partial charge is 0.346 e. The maximum absolute atomic E-state index is 12.1. The number of thioether (sulfide) groups is 1. The molecular weight excluding hydrogens is 368 g/mol. The van der Waals surface area contributed by atoms with Crippen LogP contribution in [0.5, 0.6) is 0 Å². The molecule has 10 heteroatoms. The van der Waals surface area contributed by atoms with Gasteiger partial charge in [0, 0.05) is 12.6 Å². The van der Waals surface area contributed by atoms with E-state index in [0.29, 0.717) is 5.04 Å². The third-order valence-electron chi connectivity index (χ3n) is 3.19. The van der Waals surface area contributed by atoms with Crippen molar-refractivity contribution >= 4 is 34.2 Å². The van der Waals surface area contributed by atoms with Crippen molar-refractivity contribution in [1.29, 1.82) is 0 Å². The summed E-state index contributed by atoms with van der Waals surface area (Å²) in [6.07, 6.45) is -0.135. The SMILES string of the molecule is CS/C(C)=N\OC(=O)N(C)S(=O)OC1COC(c2ccccc2)OC1. The lowest BCUT2D eigenvalue weighted by Gasteiger charge is -2.29. The molecule has 1 aromatic rings. The fraction of sp³-hybridized carbons (Fsp3) is 0.467. The van der Waals surface area contributed by atoms with Gasteiger partial charge >= 0.3 is 6.09 Å². The number of oxime groups is 1. The molecule has 1 atom stereocenters. The summed E-state index contributed by atoms with van der Waals surface area (Å²) < 4.78 is 29.3. The van der Waals surface area contributed by atoms with Gasteiger partial charge < -0.3 is 9.47 Å². The molecule has 1 saturated heterocycles. The van der Waals surface area contributed by atoms with Crippen molar-refractivity contribution in [2.24, 2.45) is 5.16 Å². The molecule has 0 bridgehead atoms. The van der Waals surface area contributed by atoms with Crippen LogP contribution < -0.4 is 0 Å². The van der Waals surface area contributed by atoms with Gasteiger partial charge in [0.05, 0.1) is 13.2 Å². The number of benzene rings is 1. The molecule has 1 unspecified atom stereocenters. The van der Waals surface area contributed by atoms with Gasteiger partial charge in [0.15, 0.2) is 6.29 Å². The first-order valence-electron chi connectivity index (χ1n) is 7.41. The first-order valence-corrected chi connectivity index (χ1v) is 9.67. The van der Waals surface area contributed by atoms with Gasteiger partial charge in [0.1, 0.15) is 11.1 Å². The molecule has 0 N–H and O–H groups in total. The molecule has 138 valence electrons. The highest BCUT2D eigenvalue weighted by Gasteiger charge is 2.28. The number of carbonyl (C=O) groups excluding carboxylic acids is 1. The average Bonchev–Trinajstić information content (AvgIpc) is 2.66. The molecule has 1 amide bonds. The first kappa shape index (κ1) is 19.9. The van der Waals surface area contributed by atoms with Gasteiger partial charge in [-0.25, -0.2) is 13.3 Å². The van der Waals surface area contributed by atoms with Crippen molar-refractivity contribution in [2.45, 2.75) is 19.3 Å². The van der Waals surface area contributed by atoms with E-state index < -0.39 is 29.8 Å². The molecule has 0 saturated carbocycles. The highest BCUT2D eigenvalue weighted by atomic mass is 32.2. The summed E-state index contributed by atoms with van der Waals surface area (Å²) in [5.74, 6) is 0. The Morgan fingerprint density at radius 1 is 1.32 bits per heavy atom. The maximum Gasteiger partial charge on any atom is 0.449 e. The molecule has 8 nitrogen and oxygen atoms in total. The van der Waals surface area contributed by atoms with Gasteiger partial charge in [-0.1, -0.05) is 35.5 Å². The van der Waals surface area contributed by atoms with Gasteiger partial charge in [-0.3, -0.25) is 9.02 Å². The number of rotatable bonds is 5. The Bertz CT molecular complexity index is 620. The van der Waals surface area contributed by atoms with Crippen LogP contribution in [0.25, 0.3) is 0 Å². The molecule has 1 fully saturated rings. The molecule has 0 spiro atoms. The Kier molecular flexibility index (Phi) is 7.85. The van der Waals surface area contributed by atoms with Crippen LogP contribution in [0, 0.1) is 0 Å². The number of nitrogens with zero attached hydrogens (tertiary/aromatic N) is 2. The summed E-state index contributed by atoms with van der Waals surface area (Å²) in [7, 11) is 1.29. The van der Waals surface area contributed by atoms with E-state index in [9.17, 15) is 9.00 Å². The van der Waals surface area contributed by atoms with E-state index in [1.165, 1.54) is 18.8 Å². The molecule has 1 aromatic carbocycles. The van der Waals surface area contributed by atoms with Gasteiger partial charge in [0.2, 0.25) is 0 Å². The summed E-state index contributed by atoms with van der Waals surface area (Å²) in [5, 5.41) is 4.15. The standard InChI is InChI=1S/C15H20N2O6S2/c1-11(24-3)16-22-15(18)17(2)25(19)23-13-9-20-14(21-10-13)12-7-5-4-6-8-12/h4-8,13-14H,9-10H2,1-3H3/b16-11-. The predicted octanol–water partition coefficient (Wildman–Crippen LogP) is 2.46. The second kappa shape index (κ2) is 9.88. The highest BCUT2D eigenvalue weighted by molar-refractivity contribution is 8.13. The highest BCUT2D eigenvalue weighted by Crippen LogP contribution is 2.24. The van der Waals surface area contributed by atoms with E-state index in [1.54, 1.807) is 13.2 Å². The number of amides is 1. The molecular formula is C15H20N2O6S2. The lowest BCUT2D eigenvalue weighted by atomic mass is 10.2. The van der Waals surface area contributed by atoms with Gasteiger partial charge in [-0.15, -0.1) is 11.8 Å². The molecule has 0 aromatic heterocycles. The lowest BCUT2D eigenvalue weighted by molar-refractivity contribution is -0.214. The van der Waals surface area contributed by atoms with E-state index in [2.05, 4.69) is 9.99 Å². The third-order valence-corrected chi connectivity index (χ3v) is 4.88. The molecule has 0 aliphatic carbocycles. The van der Waals surface area contributed by atoms with Crippen molar-refractivity contribution in [1.82, 2.24) is 4.31 Å². The van der Waals surface area contributed by atoms with E-state index >= 15 is 0 Å². The van der Waals surface area contributed by atoms with E-state index in [1.807, 2.05) is 30.3 Å². The molecule has 0 radical (unpaired) electrons. The fourth-order valence-corrected chi connectivity index (χ4v) is 2.52. The number of hydrogen-bond donors (Lipinski definition) is 0. The van der Waals surface area contributed by atoms with Crippen molar-refractivity contribution in [3.05, 3.63) is 35.9 Å². The van der Waals surface area contributed by atoms with Crippen LogP contribution in [0.4, 0.5) is 4.79 Å². The van der Waals surface area contributed by atoms with Gasteiger partial charge in [-0.05, 0) is 13.2 Å². The minimum atomic E-state index is -2.04. The minimum Gasteiger partial charge on any atom is -0.346 e. The second-order valence-electron chi connectivity index (χ2n) is 5.01. The summed E-state index contributed by atoms with van der Waals surface area (Å²) in [6, 6.07) is 9.47.